The Balaban J connectivity index is 1.66. The Morgan fingerprint density at radius 2 is 2.08 bits per heavy atom. The molecule has 0 spiro atoms. The van der Waals surface area contributed by atoms with Crippen molar-refractivity contribution in [1.29, 1.82) is 0 Å². The van der Waals surface area contributed by atoms with Gasteiger partial charge in [0.1, 0.15) is 16.2 Å². The fourth-order valence-electron chi connectivity index (χ4n) is 2.91. The van der Waals surface area contributed by atoms with Gasteiger partial charge in [-0.15, -0.1) is 11.3 Å². The Labute approximate surface area is 149 Å². The van der Waals surface area contributed by atoms with Crippen LogP contribution in [0.1, 0.15) is 61.5 Å². The summed E-state index contributed by atoms with van der Waals surface area (Å²) in [4.78, 5) is 16.2. The van der Waals surface area contributed by atoms with Gasteiger partial charge in [-0.05, 0) is 31.7 Å². The van der Waals surface area contributed by atoms with Crippen LogP contribution in [0.3, 0.4) is 0 Å². The number of aryl methyl sites for hydroxylation is 2. The van der Waals surface area contributed by atoms with E-state index in [9.17, 15) is 0 Å². The number of thiophene rings is 1. The Morgan fingerprint density at radius 1 is 1.25 bits per heavy atom. The first-order chi connectivity index (χ1) is 11.4. The first-order valence-corrected chi connectivity index (χ1v) is 9.89. The molecule has 7 heteroatoms. The predicted molar refractivity (Wildman–Crippen MR) is 96.7 cm³/mol. The van der Waals surface area contributed by atoms with Gasteiger partial charge in [0.2, 0.25) is 5.89 Å². The van der Waals surface area contributed by atoms with Crippen molar-refractivity contribution in [3.63, 3.8) is 0 Å². The van der Waals surface area contributed by atoms with Crippen molar-refractivity contribution in [3.05, 3.63) is 28.5 Å². The standard InChI is InChI=1S/C17H20N4OS2/c1-9(13-20-16(21-22-13)17(2,3)4)23-14-12-10-6-5-7-11(10)24-15(12)19-8-18-14/h8-9H,5-7H2,1-4H3. The average molecular weight is 361 g/mol. The van der Waals surface area contributed by atoms with Crippen LogP contribution in [-0.4, -0.2) is 20.1 Å². The molecule has 0 saturated heterocycles. The molecule has 0 aromatic carbocycles. The highest BCUT2D eigenvalue weighted by Gasteiger charge is 2.26. The summed E-state index contributed by atoms with van der Waals surface area (Å²) >= 11 is 3.50. The summed E-state index contributed by atoms with van der Waals surface area (Å²) in [6.45, 7) is 8.34. The topological polar surface area (TPSA) is 64.7 Å². The molecule has 3 heterocycles. The molecule has 4 rings (SSSR count). The summed E-state index contributed by atoms with van der Waals surface area (Å²) in [5.41, 5.74) is 1.34. The predicted octanol–water partition coefficient (Wildman–Crippen LogP) is 4.71. The summed E-state index contributed by atoms with van der Waals surface area (Å²) < 4.78 is 5.49. The van der Waals surface area contributed by atoms with E-state index >= 15 is 0 Å². The van der Waals surface area contributed by atoms with Crippen LogP contribution >= 0.6 is 23.1 Å². The summed E-state index contributed by atoms with van der Waals surface area (Å²) in [5.74, 6) is 1.40. The molecule has 0 bridgehead atoms. The fourth-order valence-corrected chi connectivity index (χ4v) is 5.18. The molecule has 0 aliphatic heterocycles. The number of thioether (sulfide) groups is 1. The SMILES string of the molecule is CC(Sc1ncnc2sc3c(c12)CCC3)c1nc(C(C)(C)C)no1. The second kappa shape index (κ2) is 5.81. The average Bonchev–Trinajstić information content (AvgIpc) is 3.21. The van der Waals surface area contributed by atoms with Gasteiger partial charge >= 0.3 is 0 Å². The normalized spacial score (nSPS) is 15.8. The van der Waals surface area contributed by atoms with E-state index in [-0.39, 0.29) is 10.7 Å². The summed E-state index contributed by atoms with van der Waals surface area (Å²) in [6, 6.07) is 0. The lowest BCUT2D eigenvalue weighted by atomic mass is 9.96. The Hall–Kier alpha value is -1.47. The number of rotatable bonds is 3. The zero-order chi connectivity index (χ0) is 16.9. The van der Waals surface area contributed by atoms with Gasteiger partial charge in [-0.25, -0.2) is 9.97 Å². The number of fused-ring (bicyclic) bond motifs is 3. The van der Waals surface area contributed by atoms with Crippen LogP contribution in [0.15, 0.2) is 15.9 Å². The summed E-state index contributed by atoms with van der Waals surface area (Å²) in [7, 11) is 0. The minimum Gasteiger partial charge on any atom is -0.338 e. The third kappa shape index (κ3) is 2.73. The van der Waals surface area contributed by atoms with Crippen LogP contribution < -0.4 is 0 Å². The molecule has 3 aromatic rings. The first kappa shape index (κ1) is 16.0. The van der Waals surface area contributed by atoms with Crippen molar-refractivity contribution in [2.75, 3.05) is 0 Å². The molecule has 24 heavy (non-hydrogen) atoms. The molecule has 1 unspecified atom stereocenters. The lowest BCUT2D eigenvalue weighted by molar-refractivity contribution is 0.364. The lowest BCUT2D eigenvalue weighted by Gasteiger charge is -2.11. The van der Waals surface area contributed by atoms with Crippen molar-refractivity contribution in [2.24, 2.45) is 0 Å². The van der Waals surface area contributed by atoms with Gasteiger partial charge in [-0.1, -0.05) is 37.7 Å². The van der Waals surface area contributed by atoms with Crippen LogP contribution in [0.25, 0.3) is 10.2 Å². The lowest BCUT2D eigenvalue weighted by Crippen LogP contribution is -2.13. The maximum Gasteiger partial charge on any atom is 0.239 e. The number of nitrogens with zero attached hydrogens (tertiary/aromatic N) is 4. The molecule has 1 atom stereocenters. The molecular weight excluding hydrogens is 340 g/mol. The van der Waals surface area contributed by atoms with Crippen molar-refractivity contribution >= 4 is 33.3 Å². The molecule has 0 N–H and O–H groups in total. The zero-order valence-electron chi connectivity index (χ0n) is 14.3. The van der Waals surface area contributed by atoms with E-state index in [0.717, 1.165) is 22.1 Å². The van der Waals surface area contributed by atoms with Gasteiger partial charge in [-0.2, -0.15) is 4.98 Å². The molecule has 126 valence electrons. The molecule has 1 aliphatic rings. The van der Waals surface area contributed by atoms with E-state index in [1.807, 2.05) is 11.3 Å². The van der Waals surface area contributed by atoms with E-state index in [1.54, 1.807) is 18.1 Å². The Bertz CT molecular complexity index is 894. The monoisotopic (exact) mass is 360 g/mol. The third-order valence-corrected chi connectivity index (χ3v) is 6.50. The summed E-state index contributed by atoms with van der Waals surface area (Å²) in [6.07, 6.45) is 5.22. The van der Waals surface area contributed by atoms with Crippen molar-refractivity contribution in [1.82, 2.24) is 20.1 Å². The maximum atomic E-state index is 5.49. The van der Waals surface area contributed by atoms with E-state index in [2.05, 4.69) is 47.8 Å². The van der Waals surface area contributed by atoms with Gasteiger partial charge in [0.05, 0.1) is 5.25 Å². The van der Waals surface area contributed by atoms with Gasteiger partial charge in [0.25, 0.3) is 0 Å². The molecule has 0 saturated carbocycles. The maximum absolute atomic E-state index is 5.49. The van der Waals surface area contributed by atoms with E-state index in [1.165, 1.54) is 28.7 Å². The van der Waals surface area contributed by atoms with Crippen molar-refractivity contribution in [2.45, 2.75) is 62.6 Å². The van der Waals surface area contributed by atoms with E-state index in [0.29, 0.717) is 5.89 Å². The van der Waals surface area contributed by atoms with Crippen LogP contribution in [0.5, 0.6) is 0 Å². The quantitative estimate of drug-likeness (QED) is 0.498. The second-order valence-electron chi connectivity index (χ2n) is 7.18. The van der Waals surface area contributed by atoms with Gasteiger partial charge in [0.15, 0.2) is 5.82 Å². The van der Waals surface area contributed by atoms with Gasteiger partial charge in [0, 0.05) is 15.7 Å². The molecule has 0 radical (unpaired) electrons. The minimum absolute atomic E-state index is 0.0589. The Morgan fingerprint density at radius 3 is 2.83 bits per heavy atom. The first-order valence-electron chi connectivity index (χ1n) is 8.19. The number of aromatic nitrogens is 4. The highest BCUT2D eigenvalue weighted by molar-refractivity contribution is 7.99. The van der Waals surface area contributed by atoms with Crippen LogP contribution in [0.2, 0.25) is 0 Å². The Kier molecular flexibility index (Phi) is 3.88. The van der Waals surface area contributed by atoms with Crippen LogP contribution in [0, 0.1) is 0 Å². The minimum atomic E-state index is -0.109. The van der Waals surface area contributed by atoms with Crippen molar-refractivity contribution in [3.8, 4) is 0 Å². The second-order valence-corrected chi connectivity index (χ2v) is 9.60. The number of hydrogen-bond donors (Lipinski definition) is 0. The largest absolute Gasteiger partial charge is 0.338 e. The molecule has 5 nitrogen and oxygen atoms in total. The van der Waals surface area contributed by atoms with Crippen molar-refractivity contribution < 1.29 is 4.52 Å². The summed E-state index contributed by atoms with van der Waals surface area (Å²) in [5, 5.41) is 6.46. The molecule has 0 amide bonds. The smallest absolute Gasteiger partial charge is 0.239 e. The van der Waals surface area contributed by atoms with Crippen LogP contribution in [-0.2, 0) is 18.3 Å². The van der Waals surface area contributed by atoms with Gasteiger partial charge < -0.3 is 4.52 Å². The molecule has 1 aliphatic carbocycles. The zero-order valence-corrected chi connectivity index (χ0v) is 15.9. The van der Waals surface area contributed by atoms with E-state index < -0.39 is 0 Å². The molecular formula is C17H20N4OS2. The highest BCUT2D eigenvalue weighted by atomic mass is 32.2. The van der Waals surface area contributed by atoms with E-state index in [4.69, 9.17) is 4.52 Å². The fraction of sp³-hybridized carbons (Fsp3) is 0.529. The number of hydrogen-bond acceptors (Lipinski definition) is 7. The highest BCUT2D eigenvalue weighted by Crippen LogP contribution is 2.43. The molecule has 0 fully saturated rings. The van der Waals surface area contributed by atoms with Gasteiger partial charge in [-0.3, -0.25) is 0 Å². The third-order valence-electron chi connectivity index (χ3n) is 4.22. The van der Waals surface area contributed by atoms with Crippen LogP contribution in [0.4, 0.5) is 0 Å². The molecule has 3 aromatic heterocycles.